The summed E-state index contributed by atoms with van der Waals surface area (Å²) >= 11 is 0. The average Bonchev–Trinajstić information content (AvgIpc) is 3.39. The van der Waals surface area contributed by atoms with E-state index in [1.165, 1.54) is 0 Å². The van der Waals surface area contributed by atoms with Crippen LogP contribution >= 0.6 is 0 Å². The van der Waals surface area contributed by atoms with Crippen molar-refractivity contribution in [2.75, 3.05) is 26.8 Å². The molecule has 2 atom stereocenters. The van der Waals surface area contributed by atoms with E-state index in [2.05, 4.69) is 17.0 Å². The van der Waals surface area contributed by atoms with E-state index < -0.39 is 5.72 Å². The normalized spacial score (nSPS) is 25.9. The summed E-state index contributed by atoms with van der Waals surface area (Å²) in [6.45, 7) is 3.57. The molecule has 0 saturated carbocycles. The summed E-state index contributed by atoms with van der Waals surface area (Å²) in [5, 5.41) is 0. The molecule has 0 radical (unpaired) electrons. The monoisotopic (exact) mass is 394 g/mol. The molecule has 152 valence electrons. The van der Waals surface area contributed by atoms with Crippen molar-refractivity contribution in [3.05, 3.63) is 59.7 Å². The standard InChI is InChI=1S/C23H26N2O4/c1-27-19-8-7-18(13-20(19)28-16-17-5-3-2-4-6-17)15-24-10-9-23-21(24)14-22(26)25(23)11-12-29-23/h2-8,13,21H,9-12,14-16H2,1H3/t21-,23+/m1/s1. The molecule has 3 saturated heterocycles. The molecular weight excluding hydrogens is 368 g/mol. The second-order valence-electron chi connectivity index (χ2n) is 7.94. The molecule has 29 heavy (non-hydrogen) atoms. The van der Waals surface area contributed by atoms with Crippen LogP contribution in [0.3, 0.4) is 0 Å². The first-order valence-electron chi connectivity index (χ1n) is 10.2. The minimum Gasteiger partial charge on any atom is -0.493 e. The molecule has 5 rings (SSSR count). The van der Waals surface area contributed by atoms with Gasteiger partial charge in [-0.3, -0.25) is 9.69 Å². The molecule has 6 nitrogen and oxygen atoms in total. The Kier molecular flexibility index (Phi) is 4.68. The van der Waals surface area contributed by atoms with Crippen molar-refractivity contribution in [2.24, 2.45) is 0 Å². The lowest BCUT2D eigenvalue weighted by molar-refractivity contribution is -0.136. The number of hydrogen-bond acceptors (Lipinski definition) is 5. The van der Waals surface area contributed by atoms with E-state index in [4.69, 9.17) is 14.2 Å². The van der Waals surface area contributed by atoms with Crippen LogP contribution in [0.1, 0.15) is 24.0 Å². The number of benzene rings is 2. The van der Waals surface area contributed by atoms with Crippen LogP contribution < -0.4 is 9.47 Å². The van der Waals surface area contributed by atoms with Gasteiger partial charge in [-0.15, -0.1) is 0 Å². The maximum Gasteiger partial charge on any atom is 0.226 e. The van der Waals surface area contributed by atoms with E-state index in [0.29, 0.717) is 19.6 Å². The van der Waals surface area contributed by atoms with Crippen LogP contribution in [-0.2, 0) is 22.7 Å². The number of amides is 1. The van der Waals surface area contributed by atoms with Crippen LogP contribution in [0.4, 0.5) is 0 Å². The molecule has 0 N–H and O–H groups in total. The molecule has 3 aliphatic heterocycles. The van der Waals surface area contributed by atoms with Crippen LogP contribution in [0.2, 0.25) is 0 Å². The van der Waals surface area contributed by atoms with Gasteiger partial charge in [0.25, 0.3) is 0 Å². The lowest BCUT2D eigenvalue weighted by Crippen LogP contribution is -2.47. The summed E-state index contributed by atoms with van der Waals surface area (Å²) in [7, 11) is 1.66. The Balaban J connectivity index is 1.32. The number of rotatable bonds is 6. The van der Waals surface area contributed by atoms with E-state index in [1.54, 1.807) is 7.11 Å². The smallest absolute Gasteiger partial charge is 0.226 e. The van der Waals surface area contributed by atoms with E-state index in [9.17, 15) is 4.79 Å². The molecule has 2 aromatic carbocycles. The Morgan fingerprint density at radius 1 is 1.10 bits per heavy atom. The van der Waals surface area contributed by atoms with Gasteiger partial charge >= 0.3 is 0 Å². The first kappa shape index (κ1) is 18.5. The van der Waals surface area contributed by atoms with Gasteiger partial charge < -0.3 is 19.1 Å². The third kappa shape index (κ3) is 3.16. The Morgan fingerprint density at radius 2 is 1.97 bits per heavy atom. The molecule has 3 heterocycles. The fraction of sp³-hybridized carbons (Fsp3) is 0.435. The predicted molar refractivity (Wildman–Crippen MR) is 108 cm³/mol. The highest BCUT2D eigenvalue weighted by atomic mass is 16.5. The van der Waals surface area contributed by atoms with E-state index in [0.717, 1.165) is 48.7 Å². The van der Waals surface area contributed by atoms with Crippen molar-refractivity contribution in [3.63, 3.8) is 0 Å². The maximum atomic E-state index is 12.4. The van der Waals surface area contributed by atoms with Crippen LogP contribution in [0.15, 0.2) is 48.5 Å². The van der Waals surface area contributed by atoms with Gasteiger partial charge in [0, 0.05) is 32.5 Å². The summed E-state index contributed by atoms with van der Waals surface area (Å²) in [4.78, 5) is 16.7. The fourth-order valence-corrected chi connectivity index (χ4v) is 4.97. The zero-order valence-corrected chi connectivity index (χ0v) is 16.7. The molecule has 0 bridgehead atoms. The second kappa shape index (κ2) is 7.35. The summed E-state index contributed by atoms with van der Waals surface area (Å²) in [6, 6.07) is 16.3. The number of carbonyl (C=O) groups excluding carboxylic acids is 1. The lowest BCUT2D eigenvalue weighted by atomic mass is 10.1. The van der Waals surface area contributed by atoms with Gasteiger partial charge in [0.15, 0.2) is 17.2 Å². The Bertz CT molecular complexity index is 903. The Morgan fingerprint density at radius 3 is 2.79 bits per heavy atom. The summed E-state index contributed by atoms with van der Waals surface area (Å²) in [6.07, 6.45) is 1.43. The molecule has 0 unspecified atom stereocenters. The maximum absolute atomic E-state index is 12.4. The number of nitrogens with zero attached hydrogens (tertiary/aromatic N) is 2. The van der Waals surface area contributed by atoms with Gasteiger partial charge in [0.1, 0.15) is 6.61 Å². The molecular formula is C23H26N2O4. The molecule has 3 aliphatic rings. The minimum absolute atomic E-state index is 0.133. The average molecular weight is 394 g/mol. The van der Waals surface area contributed by atoms with Crippen LogP contribution in [-0.4, -0.2) is 54.3 Å². The third-order valence-electron chi connectivity index (χ3n) is 6.36. The zero-order chi connectivity index (χ0) is 19.8. The summed E-state index contributed by atoms with van der Waals surface area (Å²) in [5.74, 6) is 1.69. The zero-order valence-electron chi connectivity index (χ0n) is 16.7. The number of hydrogen-bond donors (Lipinski definition) is 0. The molecule has 0 aromatic heterocycles. The van der Waals surface area contributed by atoms with E-state index in [1.807, 2.05) is 41.3 Å². The van der Waals surface area contributed by atoms with E-state index >= 15 is 0 Å². The molecule has 0 aliphatic carbocycles. The van der Waals surface area contributed by atoms with Crippen LogP contribution in [0.5, 0.6) is 11.5 Å². The third-order valence-corrected chi connectivity index (χ3v) is 6.36. The predicted octanol–water partition coefficient (Wildman–Crippen LogP) is 2.81. The van der Waals surface area contributed by atoms with Gasteiger partial charge in [-0.2, -0.15) is 0 Å². The van der Waals surface area contributed by atoms with Gasteiger partial charge in [-0.1, -0.05) is 36.4 Å². The van der Waals surface area contributed by atoms with Gasteiger partial charge in [-0.05, 0) is 23.3 Å². The minimum atomic E-state index is -0.393. The van der Waals surface area contributed by atoms with Crippen molar-refractivity contribution in [1.82, 2.24) is 9.80 Å². The number of carbonyl (C=O) groups is 1. The SMILES string of the molecule is COc1ccc(CN2CC[C@@]34OCCN3C(=O)C[C@@H]24)cc1OCc1ccccc1. The highest BCUT2D eigenvalue weighted by Crippen LogP contribution is 2.46. The van der Waals surface area contributed by atoms with Crippen molar-refractivity contribution in [3.8, 4) is 11.5 Å². The van der Waals surface area contributed by atoms with Crippen LogP contribution in [0, 0.1) is 0 Å². The van der Waals surface area contributed by atoms with Gasteiger partial charge in [0.2, 0.25) is 5.91 Å². The molecule has 1 amide bonds. The quantitative estimate of drug-likeness (QED) is 0.754. The van der Waals surface area contributed by atoms with Crippen molar-refractivity contribution in [2.45, 2.75) is 37.8 Å². The first-order chi connectivity index (χ1) is 14.2. The highest BCUT2D eigenvalue weighted by Gasteiger charge is 2.61. The molecule has 2 aromatic rings. The van der Waals surface area contributed by atoms with Crippen molar-refractivity contribution in [1.29, 1.82) is 0 Å². The number of methoxy groups -OCH3 is 1. The lowest BCUT2D eigenvalue weighted by Gasteiger charge is -2.31. The molecule has 1 spiro atoms. The second-order valence-corrected chi connectivity index (χ2v) is 7.94. The van der Waals surface area contributed by atoms with Crippen LogP contribution in [0.25, 0.3) is 0 Å². The largest absolute Gasteiger partial charge is 0.493 e. The highest BCUT2D eigenvalue weighted by molar-refractivity contribution is 5.81. The number of likely N-dealkylation sites (tertiary alicyclic amines) is 1. The van der Waals surface area contributed by atoms with Crippen molar-refractivity contribution < 1.29 is 19.0 Å². The van der Waals surface area contributed by atoms with Gasteiger partial charge in [0.05, 0.1) is 19.8 Å². The fourth-order valence-electron chi connectivity index (χ4n) is 4.97. The summed E-state index contributed by atoms with van der Waals surface area (Å²) in [5.41, 5.74) is 1.87. The summed E-state index contributed by atoms with van der Waals surface area (Å²) < 4.78 is 17.6. The Labute approximate surface area is 171 Å². The molecule has 3 fully saturated rings. The number of ether oxygens (including phenoxy) is 3. The van der Waals surface area contributed by atoms with E-state index in [-0.39, 0.29) is 11.9 Å². The molecule has 6 heteroatoms. The van der Waals surface area contributed by atoms with Gasteiger partial charge in [-0.25, -0.2) is 0 Å². The first-order valence-corrected chi connectivity index (χ1v) is 10.2. The topological polar surface area (TPSA) is 51.2 Å². The Hall–Kier alpha value is -2.57. The van der Waals surface area contributed by atoms with Crippen molar-refractivity contribution >= 4 is 5.91 Å².